The SMILES string of the molecule is CCCNc1ncc(C)c(N2CCC(C(C)O)C2)n1. The largest absolute Gasteiger partial charge is 0.393 e. The first-order valence-corrected chi connectivity index (χ1v) is 7.12. The summed E-state index contributed by atoms with van der Waals surface area (Å²) in [6.45, 7) is 8.75. The van der Waals surface area contributed by atoms with Crippen molar-refractivity contribution in [2.45, 2.75) is 39.7 Å². The third kappa shape index (κ3) is 3.35. The summed E-state index contributed by atoms with van der Waals surface area (Å²) in [7, 11) is 0. The normalized spacial score (nSPS) is 20.6. The van der Waals surface area contributed by atoms with Crippen LogP contribution in [0.4, 0.5) is 11.8 Å². The number of aryl methyl sites for hydroxylation is 1. The van der Waals surface area contributed by atoms with Crippen LogP contribution in [0.5, 0.6) is 0 Å². The van der Waals surface area contributed by atoms with Crippen LogP contribution in [-0.2, 0) is 0 Å². The van der Waals surface area contributed by atoms with Gasteiger partial charge in [-0.05, 0) is 26.7 Å². The van der Waals surface area contributed by atoms with Gasteiger partial charge in [-0.2, -0.15) is 4.98 Å². The van der Waals surface area contributed by atoms with Crippen molar-refractivity contribution in [2.24, 2.45) is 5.92 Å². The summed E-state index contributed by atoms with van der Waals surface area (Å²) in [5.41, 5.74) is 1.09. The summed E-state index contributed by atoms with van der Waals surface area (Å²) < 4.78 is 0. The molecular weight excluding hydrogens is 240 g/mol. The van der Waals surface area contributed by atoms with E-state index in [-0.39, 0.29) is 6.10 Å². The van der Waals surface area contributed by atoms with Crippen LogP contribution in [0.3, 0.4) is 0 Å². The molecule has 2 unspecified atom stereocenters. The zero-order chi connectivity index (χ0) is 13.8. The van der Waals surface area contributed by atoms with E-state index in [4.69, 9.17) is 0 Å². The van der Waals surface area contributed by atoms with E-state index < -0.39 is 0 Å². The highest BCUT2D eigenvalue weighted by Crippen LogP contribution is 2.27. The highest BCUT2D eigenvalue weighted by molar-refractivity contribution is 5.49. The Morgan fingerprint density at radius 2 is 2.37 bits per heavy atom. The third-order valence-electron chi connectivity index (χ3n) is 3.68. The van der Waals surface area contributed by atoms with E-state index in [1.165, 1.54) is 0 Å². The second-order valence-electron chi connectivity index (χ2n) is 5.36. The maximum absolute atomic E-state index is 9.69. The van der Waals surface area contributed by atoms with Crippen LogP contribution in [0, 0.1) is 12.8 Å². The van der Waals surface area contributed by atoms with Crippen LogP contribution in [-0.4, -0.2) is 40.8 Å². The number of aliphatic hydroxyl groups is 1. The number of aliphatic hydroxyl groups excluding tert-OH is 1. The maximum Gasteiger partial charge on any atom is 0.224 e. The summed E-state index contributed by atoms with van der Waals surface area (Å²) in [6, 6.07) is 0. The van der Waals surface area contributed by atoms with Gasteiger partial charge in [-0.25, -0.2) is 4.98 Å². The van der Waals surface area contributed by atoms with Gasteiger partial charge >= 0.3 is 0 Å². The van der Waals surface area contributed by atoms with Gasteiger partial charge < -0.3 is 15.3 Å². The molecule has 0 aromatic carbocycles. The molecule has 2 N–H and O–H groups in total. The van der Waals surface area contributed by atoms with Crippen molar-refractivity contribution >= 4 is 11.8 Å². The number of hydrogen-bond donors (Lipinski definition) is 2. The number of nitrogens with one attached hydrogen (secondary N) is 1. The summed E-state index contributed by atoms with van der Waals surface area (Å²) in [6.07, 6.45) is 3.71. The molecule has 1 aliphatic heterocycles. The van der Waals surface area contributed by atoms with Crippen molar-refractivity contribution in [1.82, 2.24) is 9.97 Å². The summed E-state index contributed by atoms with van der Waals surface area (Å²) in [5, 5.41) is 12.9. The van der Waals surface area contributed by atoms with Gasteiger partial charge in [0.1, 0.15) is 5.82 Å². The fourth-order valence-electron chi connectivity index (χ4n) is 2.45. The first kappa shape index (κ1) is 14.1. The molecule has 2 rings (SSSR count). The van der Waals surface area contributed by atoms with Crippen molar-refractivity contribution < 1.29 is 5.11 Å². The Morgan fingerprint density at radius 3 is 3.00 bits per heavy atom. The van der Waals surface area contributed by atoms with Crippen LogP contribution >= 0.6 is 0 Å². The highest BCUT2D eigenvalue weighted by Gasteiger charge is 2.27. The zero-order valence-corrected chi connectivity index (χ0v) is 12.1. The lowest BCUT2D eigenvalue weighted by atomic mass is 10.0. The predicted molar refractivity (Wildman–Crippen MR) is 77.6 cm³/mol. The number of rotatable bonds is 5. The standard InChI is InChI=1S/C14H24N4O/c1-4-6-15-14-16-8-10(2)13(17-14)18-7-5-12(9-18)11(3)19/h8,11-12,19H,4-7,9H2,1-3H3,(H,15,16,17). The van der Waals surface area contributed by atoms with E-state index >= 15 is 0 Å². The minimum atomic E-state index is -0.246. The van der Waals surface area contributed by atoms with Crippen molar-refractivity contribution in [1.29, 1.82) is 0 Å². The topological polar surface area (TPSA) is 61.3 Å². The Balaban J connectivity index is 2.11. The van der Waals surface area contributed by atoms with E-state index in [0.717, 1.165) is 43.9 Å². The molecule has 0 amide bonds. The molecule has 0 aliphatic carbocycles. The summed E-state index contributed by atoms with van der Waals surface area (Å²) in [4.78, 5) is 11.2. The molecule has 1 fully saturated rings. The molecule has 19 heavy (non-hydrogen) atoms. The molecule has 0 spiro atoms. The Morgan fingerprint density at radius 1 is 1.58 bits per heavy atom. The van der Waals surface area contributed by atoms with Gasteiger partial charge in [0.25, 0.3) is 0 Å². The molecule has 1 aliphatic rings. The van der Waals surface area contributed by atoms with Crippen molar-refractivity contribution in [3.63, 3.8) is 0 Å². The van der Waals surface area contributed by atoms with Crippen molar-refractivity contribution in [2.75, 3.05) is 29.9 Å². The highest BCUT2D eigenvalue weighted by atomic mass is 16.3. The lowest BCUT2D eigenvalue weighted by molar-refractivity contribution is 0.136. The number of anilines is 2. The molecule has 5 nitrogen and oxygen atoms in total. The molecule has 1 saturated heterocycles. The first-order valence-electron chi connectivity index (χ1n) is 7.12. The third-order valence-corrected chi connectivity index (χ3v) is 3.68. The van der Waals surface area contributed by atoms with E-state index in [0.29, 0.717) is 11.9 Å². The number of hydrogen-bond acceptors (Lipinski definition) is 5. The van der Waals surface area contributed by atoms with Crippen LogP contribution in [0.2, 0.25) is 0 Å². The average molecular weight is 264 g/mol. The molecule has 106 valence electrons. The minimum absolute atomic E-state index is 0.246. The van der Waals surface area contributed by atoms with E-state index in [1.54, 1.807) is 0 Å². The van der Waals surface area contributed by atoms with E-state index in [9.17, 15) is 5.11 Å². The lowest BCUT2D eigenvalue weighted by Crippen LogP contribution is -2.25. The Kier molecular flexibility index (Phi) is 4.58. The molecule has 2 atom stereocenters. The molecule has 0 bridgehead atoms. The zero-order valence-electron chi connectivity index (χ0n) is 12.1. The second kappa shape index (κ2) is 6.19. The molecule has 0 radical (unpaired) electrons. The number of nitrogens with zero attached hydrogens (tertiary/aromatic N) is 3. The van der Waals surface area contributed by atoms with Gasteiger partial charge in [0.2, 0.25) is 5.95 Å². The lowest BCUT2D eigenvalue weighted by Gasteiger charge is -2.21. The maximum atomic E-state index is 9.69. The van der Waals surface area contributed by atoms with Crippen molar-refractivity contribution in [3.05, 3.63) is 11.8 Å². The van der Waals surface area contributed by atoms with Gasteiger partial charge in [0.15, 0.2) is 0 Å². The molecule has 0 saturated carbocycles. The quantitative estimate of drug-likeness (QED) is 0.849. The first-order chi connectivity index (χ1) is 9.11. The fourth-order valence-corrected chi connectivity index (χ4v) is 2.45. The Bertz CT molecular complexity index is 422. The van der Waals surface area contributed by atoms with Gasteiger partial charge in [0.05, 0.1) is 6.10 Å². The van der Waals surface area contributed by atoms with Crippen LogP contribution in [0.25, 0.3) is 0 Å². The van der Waals surface area contributed by atoms with Gasteiger partial charge in [0, 0.05) is 37.3 Å². The van der Waals surface area contributed by atoms with Crippen molar-refractivity contribution in [3.8, 4) is 0 Å². The van der Waals surface area contributed by atoms with Crippen LogP contribution in [0.1, 0.15) is 32.3 Å². The van der Waals surface area contributed by atoms with Crippen LogP contribution in [0.15, 0.2) is 6.20 Å². The predicted octanol–water partition coefficient (Wildman–Crippen LogP) is 1.81. The Hall–Kier alpha value is -1.36. The molecule has 5 heteroatoms. The van der Waals surface area contributed by atoms with Crippen LogP contribution < -0.4 is 10.2 Å². The molecule has 1 aromatic rings. The smallest absolute Gasteiger partial charge is 0.224 e. The second-order valence-corrected chi connectivity index (χ2v) is 5.36. The summed E-state index contributed by atoms with van der Waals surface area (Å²) >= 11 is 0. The monoisotopic (exact) mass is 264 g/mol. The van der Waals surface area contributed by atoms with Gasteiger partial charge in [-0.15, -0.1) is 0 Å². The van der Waals surface area contributed by atoms with E-state index in [2.05, 4.69) is 27.1 Å². The van der Waals surface area contributed by atoms with E-state index in [1.807, 2.05) is 20.0 Å². The van der Waals surface area contributed by atoms with Gasteiger partial charge in [-0.1, -0.05) is 6.92 Å². The molecule has 1 aromatic heterocycles. The molecule has 2 heterocycles. The van der Waals surface area contributed by atoms with Gasteiger partial charge in [-0.3, -0.25) is 0 Å². The number of aromatic nitrogens is 2. The molecular formula is C14H24N4O. The average Bonchev–Trinajstić information content (AvgIpc) is 2.87. The minimum Gasteiger partial charge on any atom is -0.393 e. The Labute approximate surface area is 115 Å². The summed E-state index contributed by atoms with van der Waals surface area (Å²) in [5.74, 6) is 2.04. The fraction of sp³-hybridized carbons (Fsp3) is 0.714.